The Morgan fingerprint density at radius 2 is 2.26 bits per heavy atom. The normalized spacial score (nSPS) is 18.6. The SMILES string of the molecule is CC1N=C(N/N=C(/C#N)C(=O)c2ccccc2)SN1. The highest BCUT2D eigenvalue weighted by molar-refractivity contribution is 8.12. The molecule has 0 saturated carbocycles. The number of rotatable bonds is 3. The Hall–Kier alpha value is -2.17. The molecular weight excluding hydrogens is 262 g/mol. The molecule has 1 aromatic carbocycles. The smallest absolute Gasteiger partial charge is 0.223 e. The van der Waals surface area contributed by atoms with E-state index < -0.39 is 5.78 Å². The summed E-state index contributed by atoms with van der Waals surface area (Å²) in [5.74, 6) is -0.416. The first-order chi connectivity index (χ1) is 9.20. The van der Waals surface area contributed by atoms with Gasteiger partial charge in [-0.25, -0.2) is 9.71 Å². The number of hydrogen-bond donors (Lipinski definition) is 2. The molecule has 0 aromatic heterocycles. The van der Waals surface area contributed by atoms with Crippen LogP contribution in [0.5, 0.6) is 0 Å². The third kappa shape index (κ3) is 3.40. The summed E-state index contributed by atoms with van der Waals surface area (Å²) in [6.07, 6.45) is -0.0157. The number of hydrogen-bond acceptors (Lipinski definition) is 7. The molecule has 2 N–H and O–H groups in total. The minimum absolute atomic E-state index is 0.0157. The number of benzene rings is 1. The van der Waals surface area contributed by atoms with Gasteiger partial charge in [-0.3, -0.25) is 10.2 Å². The topological polar surface area (TPSA) is 89.6 Å². The Balaban J connectivity index is 2.10. The van der Waals surface area contributed by atoms with Crippen molar-refractivity contribution in [3.05, 3.63) is 35.9 Å². The van der Waals surface area contributed by atoms with E-state index in [1.807, 2.05) is 6.92 Å². The van der Waals surface area contributed by atoms with Crippen molar-refractivity contribution in [1.29, 1.82) is 5.26 Å². The molecule has 0 saturated heterocycles. The first-order valence-corrected chi connectivity index (χ1v) is 6.36. The van der Waals surface area contributed by atoms with E-state index in [-0.39, 0.29) is 11.9 Å². The van der Waals surface area contributed by atoms with E-state index in [1.165, 1.54) is 11.9 Å². The van der Waals surface area contributed by atoms with E-state index in [9.17, 15) is 4.79 Å². The summed E-state index contributed by atoms with van der Waals surface area (Å²) in [6.45, 7) is 1.88. The van der Waals surface area contributed by atoms with Crippen molar-refractivity contribution >= 4 is 28.6 Å². The molecule has 0 spiro atoms. The molecule has 6 nitrogen and oxygen atoms in total. The zero-order valence-electron chi connectivity index (χ0n) is 10.1. The van der Waals surface area contributed by atoms with E-state index in [2.05, 4.69) is 20.2 Å². The summed E-state index contributed by atoms with van der Waals surface area (Å²) in [5.41, 5.74) is 2.84. The van der Waals surface area contributed by atoms with Crippen LogP contribution in [-0.4, -0.2) is 22.8 Å². The van der Waals surface area contributed by atoms with Crippen LogP contribution in [-0.2, 0) is 0 Å². The summed E-state index contributed by atoms with van der Waals surface area (Å²) < 4.78 is 2.99. The Morgan fingerprint density at radius 3 is 2.84 bits per heavy atom. The number of carbonyl (C=O) groups excluding carboxylic acids is 1. The van der Waals surface area contributed by atoms with Crippen LogP contribution < -0.4 is 10.1 Å². The van der Waals surface area contributed by atoms with Gasteiger partial charge in [0.25, 0.3) is 0 Å². The lowest BCUT2D eigenvalue weighted by Crippen LogP contribution is -2.20. The van der Waals surface area contributed by atoms with Gasteiger partial charge in [0.2, 0.25) is 11.5 Å². The van der Waals surface area contributed by atoms with Crippen molar-refractivity contribution in [2.45, 2.75) is 13.1 Å². The second-order valence-corrected chi connectivity index (χ2v) is 4.54. The molecule has 19 heavy (non-hydrogen) atoms. The molecule has 0 fully saturated rings. The highest BCUT2D eigenvalue weighted by atomic mass is 32.2. The van der Waals surface area contributed by atoms with Crippen LogP contribution in [0.4, 0.5) is 0 Å². The maximum atomic E-state index is 12.0. The van der Waals surface area contributed by atoms with Gasteiger partial charge >= 0.3 is 0 Å². The summed E-state index contributed by atoms with van der Waals surface area (Å²) >= 11 is 1.27. The van der Waals surface area contributed by atoms with Gasteiger partial charge in [0, 0.05) is 5.56 Å². The average Bonchev–Trinajstić information content (AvgIpc) is 2.86. The van der Waals surface area contributed by atoms with E-state index in [0.717, 1.165) is 0 Å². The molecule has 7 heteroatoms. The fourth-order valence-electron chi connectivity index (χ4n) is 1.38. The van der Waals surface area contributed by atoms with Crippen molar-refractivity contribution in [1.82, 2.24) is 10.1 Å². The Bertz CT molecular complexity index is 576. The van der Waals surface area contributed by atoms with Gasteiger partial charge in [-0.2, -0.15) is 10.4 Å². The lowest BCUT2D eigenvalue weighted by Gasteiger charge is -1.99. The summed E-state index contributed by atoms with van der Waals surface area (Å²) in [5, 5.41) is 13.3. The average molecular weight is 273 g/mol. The molecular formula is C12H11N5OS. The van der Waals surface area contributed by atoms with E-state index >= 15 is 0 Å². The van der Waals surface area contributed by atoms with Crippen molar-refractivity contribution < 1.29 is 4.79 Å². The van der Waals surface area contributed by atoms with Gasteiger partial charge in [0.15, 0.2) is 5.17 Å². The molecule has 0 amide bonds. The third-order valence-electron chi connectivity index (χ3n) is 2.26. The van der Waals surface area contributed by atoms with Gasteiger partial charge in [-0.05, 0) is 18.9 Å². The fraction of sp³-hybridized carbons (Fsp3) is 0.167. The number of nitrogens with one attached hydrogen (secondary N) is 2. The highest BCUT2D eigenvalue weighted by Crippen LogP contribution is 2.09. The van der Waals surface area contributed by atoms with Crippen LogP contribution in [0, 0.1) is 11.3 Å². The molecule has 1 aliphatic rings. The first-order valence-electron chi connectivity index (χ1n) is 5.54. The lowest BCUT2D eigenvalue weighted by atomic mass is 10.1. The number of nitrogens with zero attached hydrogens (tertiary/aromatic N) is 3. The number of nitriles is 1. The zero-order valence-corrected chi connectivity index (χ0v) is 10.9. The second-order valence-electron chi connectivity index (χ2n) is 3.71. The van der Waals surface area contributed by atoms with E-state index in [1.54, 1.807) is 36.4 Å². The first kappa shape index (κ1) is 13.3. The van der Waals surface area contributed by atoms with E-state index in [0.29, 0.717) is 10.7 Å². The largest absolute Gasteiger partial charge is 0.286 e. The second kappa shape index (κ2) is 6.13. The molecule has 1 aliphatic heterocycles. The van der Waals surface area contributed by atoms with Crippen LogP contribution >= 0.6 is 11.9 Å². The molecule has 0 radical (unpaired) electrons. The van der Waals surface area contributed by atoms with Gasteiger partial charge in [0.05, 0.1) is 0 Å². The monoisotopic (exact) mass is 273 g/mol. The molecule has 1 heterocycles. The van der Waals surface area contributed by atoms with Crippen LogP contribution in [0.1, 0.15) is 17.3 Å². The summed E-state index contributed by atoms with van der Waals surface area (Å²) in [6, 6.07) is 10.3. The predicted molar refractivity (Wildman–Crippen MR) is 74.6 cm³/mol. The maximum absolute atomic E-state index is 12.0. The summed E-state index contributed by atoms with van der Waals surface area (Å²) in [4.78, 5) is 16.1. The highest BCUT2D eigenvalue weighted by Gasteiger charge is 2.16. The van der Waals surface area contributed by atoms with Crippen LogP contribution in [0.3, 0.4) is 0 Å². The molecule has 1 aromatic rings. The fourth-order valence-corrected chi connectivity index (χ4v) is 2.01. The predicted octanol–water partition coefficient (Wildman–Crippen LogP) is 1.29. The third-order valence-corrected chi connectivity index (χ3v) is 3.11. The number of ketones is 1. The van der Waals surface area contributed by atoms with Gasteiger partial charge in [-0.15, -0.1) is 0 Å². The van der Waals surface area contributed by atoms with Crippen molar-refractivity contribution in [2.24, 2.45) is 10.1 Å². The van der Waals surface area contributed by atoms with Crippen molar-refractivity contribution in [3.63, 3.8) is 0 Å². The molecule has 1 unspecified atom stereocenters. The van der Waals surface area contributed by atoms with Crippen LogP contribution in [0.2, 0.25) is 0 Å². The minimum atomic E-state index is -0.416. The molecule has 96 valence electrons. The number of hydrazone groups is 1. The number of carbonyl (C=O) groups is 1. The molecule has 2 rings (SSSR count). The lowest BCUT2D eigenvalue weighted by molar-refractivity contribution is 0.106. The Morgan fingerprint density at radius 1 is 1.53 bits per heavy atom. The van der Waals surface area contributed by atoms with Crippen LogP contribution in [0.25, 0.3) is 0 Å². The molecule has 0 bridgehead atoms. The minimum Gasteiger partial charge on any atom is -0.286 e. The Kier molecular flexibility index (Phi) is 4.28. The van der Waals surface area contributed by atoms with Crippen molar-refractivity contribution in [2.75, 3.05) is 0 Å². The zero-order chi connectivity index (χ0) is 13.7. The summed E-state index contributed by atoms with van der Waals surface area (Å²) in [7, 11) is 0. The quantitative estimate of drug-likeness (QED) is 0.375. The van der Waals surface area contributed by atoms with Gasteiger partial charge in [-0.1, -0.05) is 30.3 Å². The number of amidine groups is 1. The maximum Gasteiger partial charge on any atom is 0.223 e. The standard InChI is InChI=1S/C12H11N5OS/c1-8-14-12(19-17-8)16-15-10(7-13)11(18)9-5-3-2-4-6-9/h2-6,8,17H,1H3,(H,14,16)/b15-10-. The molecule has 0 aliphatic carbocycles. The van der Waals surface area contributed by atoms with Crippen LogP contribution in [0.15, 0.2) is 40.4 Å². The number of Topliss-reactive ketones (excluding diaryl/α,β-unsaturated/α-hetero) is 1. The number of aliphatic imine (C=N–C) groups is 1. The molecule has 1 atom stereocenters. The van der Waals surface area contributed by atoms with Gasteiger partial charge in [0.1, 0.15) is 12.2 Å². The Labute approximate surface area is 114 Å². The van der Waals surface area contributed by atoms with Gasteiger partial charge < -0.3 is 0 Å². The van der Waals surface area contributed by atoms with Crippen molar-refractivity contribution in [3.8, 4) is 6.07 Å². The van der Waals surface area contributed by atoms with E-state index in [4.69, 9.17) is 5.26 Å².